The highest BCUT2D eigenvalue weighted by Gasteiger charge is 2.27. The predicted octanol–water partition coefficient (Wildman–Crippen LogP) is 4.39. The van der Waals surface area contributed by atoms with E-state index in [1.54, 1.807) is 12.0 Å². The van der Waals surface area contributed by atoms with E-state index in [9.17, 15) is 4.79 Å². The summed E-state index contributed by atoms with van der Waals surface area (Å²) in [7, 11) is 1.66. The molecule has 6 nitrogen and oxygen atoms in total. The lowest BCUT2D eigenvalue weighted by Gasteiger charge is -2.35. The number of hydrogen-bond donors (Lipinski definition) is 0. The van der Waals surface area contributed by atoms with Crippen molar-refractivity contribution in [3.05, 3.63) is 48.5 Å². The number of fused-ring (bicyclic) bond motifs is 1. The van der Waals surface area contributed by atoms with Gasteiger partial charge in [0.15, 0.2) is 5.76 Å². The Hall–Kier alpha value is -3.15. The number of carbonyl (C=O) groups excluding carboxylic acids is 1. The second-order valence-corrected chi connectivity index (χ2v) is 6.68. The Morgan fingerprint density at radius 1 is 1.07 bits per heavy atom. The zero-order valence-electron chi connectivity index (χ0n) is 16.2. The van der Waals surface area contributed by atoms with E-state index < -0.39 is 0 Å². The van der Waals surface area contributed by atoms with E-state index in [1.807, 2.05) is 55.5 Å². The Bertz CT molecular complexity index is 959. The third-order valence-electron chi connectivity index (χ3n) is 5.03. The molecule has 4 rings (SSSR count). The third-order valence-corrected chi connectivity index (χ3v) is 5.03. The quantitative estimate of drug-likeness (QED) is 0.672. The Kier molecular flexibility index (Phi) is 5.10. The van der Waals surface area contributed by atoms with Crippen molar-refractivity contribution in [2.24, 2.45) is 0 Å². The predicted molar refractivity (Wildman–Crippen MR) is 109 cm³/mol. The van der Waals surface area contributed by atoms with Crippen LogP contribution in [-0.4, -0.2) is 50.9 Å². The molecule has 3 aromatic rings. The Labute approximate surface area is 164 Å². The number of benzene rings is 2. The van der Waals surface area contributed by atoms with Crippen LogP contribution in [0, 0.1) is 0 Å². The number of carbonyl (C=O) groups is 1. The molecule has 0 N–H and O–H groups in total. The number of nitrogens with zero attached hydrogens (tertiary/aromatic N) is 2. The molecule has 28 heavy (non-hydrogen) atoms. The summed E-state index contributed by atoms with van der Waals surface area (Å²) in [5.74, 6) is 1.63. The average molecular weight is 380 g/mol. The lowest BCUT2D eigenvalue weighted by atomic mass is 10.1. The van der Waals surface area contributed by atoms with Crippen molar-refractivity contribution < 1.29 is 18.7 Å². The van der Waals surface area contributed by atoms with Gasteiger partial charge in [-0.1, -0.05) is 30.3 Å². The van der Waals surface area contributed by atoms with Gasteiger partial charge in [0.25, 0.3) is 0 Å². The highest BCUT2D eigenvalue weighted by Crippen LogP contribution is 2.42. The summed E-state index contributed by atoms with van der Waals surface area (Å²) in [6.45, 7) is 4.87. The Balaban J connectivity index is 1.72. The second-order valence-electron chi connectivity index (χ2n) is 6.68. The van der Waals surface area contributed by atoms with Crippen molar-refractivity contribution >= 4 is 22.7 Å². The molecule has 0 saturated carbocycles. The average Bonchev–Trinajstić information content (AvgIpc) is 3.13. The number of furan rings is 1. The molecular formula is C22H24N2O4. The van der Waals surface area contributed by atoms with Crippen LogP contribution in [0.3, 0.4) is 0 Å². The second kappa shape index (κ2) is 7.84. The maximum Gasteiger partial charge on any atom is 0.409 e. The van der Waals surface area contributed by atoms with E-state index in [1.165, 1.54) is 0 Å². The largest absolute Gasteiger partial charge is 0.497 e. The minimum Gasteiger partial charge on any atom is -0.497 e. The first-order chi connectivity index (χ1) is 13.7. The van der Waals surface area contributed by atoms with Crippen LogP contribution < -0.4 is 9.64 Å². The summed E-state index contributed by atoms with van der Waals surface area (Å²) >= 11 is 0. The fraction of sp³-hybridized carbons (Fsp3) is 0.318. The van der Waals surface area contributed by atoms with Gasteiger partial charge in [-0.2, -0.15) is 0 Å². The Morgan fingerprint density at radius 2 is 1.82 bits per heavy atom. The first kappa shape index (κ1) is 18.2. The summed E-state index contributed by atoms with van der Waals surface area (Å²) in [5.41, 5.74) is 2.89. The molecule has 6 heteroatoms. The van der Waals surface area contributed by atoms with E-state index in [2.05, 4.69) is 4.90 Å². The highest BCUT2D eigenvalue weighted by atomic mass is 16.6. The van der Waals surface area contributed by atoms with Crippen LogP contribution >= 0.6 is 0 Å². The zero-order chi connectivity index (χ0) is 19.5. The molecule has 1 saturated heterocycles. The van der Waals surface area contributed by atoms with E-state index in [4.69, 9.17) is 13.9 Å². The number of ether oxygens (including phenoxy) is 2. The number of piperazine rings is 1. The summed E-state index contributed by atoms with van der Waals surface area (Å²) in [6.07, 6.45) is -0.246. The summed E-state index contributed by atoms with van der Waals surface area (Å²) in [6, 6.07) is 16.0. The SMILES string of the molecule is CCOC(=O)N1CCN(c2c(-c3ccccc3)oc3ccc(OC)cc23)CC1. The summed E-state index contributed by atoms with van der Waals surface area (Å²) in [5, 5.41) is 1.02. The zero-order valence-corrected chi connectivity index (χ0v) is 16.2. The molecule has 0 bridgehead atoms. The van der Waals surface area contributed by atoms with Gasteiger partial charge in [-0.25, -0.2) is 4.79 Å². The van der Waals surface area contributed by atoms with Crippen molar-refractivity contribution in [1.29, 1.82) is 0 Å². The molecule has 1 aliphatic rings. The Morgan fingerprint density at radius 3 is 2.50 bits per heavy atom. The van der Waals surface area contributed by atoms with Crippen molar-refractivity contribution in [1.82, 2.24) is 4.90 Å². The molecule has 0 spiro atoms. The molecular weight excluding hydrogens is 356 g/mol. The van der Waals surface area contributed by atoms with Crippen LogP contribution in [0.1, 0.15) is 6.92 Å². The lowest BCUT2D eigenvalue weighted by Crippen LogP contribution is -2.49. The van der Waals surface area contributed by atoms with E-state index in [0.29, 0.717) is 32.8 Å². The molecule has 0 aliphatic carbocycles. The number of rotatable bonds is 4. The van der Waals surface area contributed by atoms with Gasteiger partial charge < -0.3 is 23.7 Å². The molecule has 2 heterocycles. The molecule has 1 aliphatic heterocycles. The minimum absolute atomic E-state index is 0.246. The van der Waals surface area contributed by atoms with Gasteiger partial charge in [-0.3, -0.25) is 0 Å². The third kappa shape index (κ3) is 3.38. The highest BCUT2D eigenvalue weighted by molar-refractivity contribution is 6.00. The van der Waals surface area contributed by atoms with Gasteiger partial charge in [-0.15, -0.1) is 0 Å². The monoisotopic (exact) mass is 380 g/mol. The summed E-state index contributed by atoms with van der Waals surface area (Å²) in [4.78, 5) is 16.1. The van der Waals surface area contributed by atoms with Crippen LogP contribution in [0.5, 0.6) is 5.75 Å². The maximum absolute atomic E-state index is 12.0. The standard InChI is InChI=1S/C22H24N2O4/c1-3-27-22(25)24-13-11-23(12-14-24)20-18-15-17(26-2)9-10-19(18)28-21(20)16-7-5-4-6-8-16/h4-10,15H,3,11-14H2,1-2H3. The van der Waals surface area contributed by atoms with Gasteiger partial charge >= 0.3 is 6.09 Å². The molecule has 1 amide bonds. The van der Waals surface area contributed by atoms with Gasteiger partial charge in [0.1, 0.15) is 11.3 Å². The lowest BCUT2D eigenvalue weighted by molar-refractivity contribution is 0.105. The minimum atomic E-state index is -0.246. The van der Waals surface area contributed by atoms with Crippen LogP contribution in [-0.2, 0) is 4.74 Å². The van der Waals surface area contributed by atoms with Crippen LogP contribution in [0.4, 0.5) is 10.5 Å². The summed E-state index contributed by atoms with van der Waals surface area (Å²) < 4.78 is 16.8. The topological polar surface area (TPSA) is 55.2 Å². The normalized spacial score (nSPS) is 14.4. The van der Waals surface area contributed by atoms with Gasteiger partial charge in [0.2, 0.25) is 0 Å². The molecule has 1 aromatic heterocycles. The first-order valence-corrected chi connectivity index (χ1v) is 9.54. The molecule has 1 fully saturated rings. The van der Waals surface area contributed by atoms with E-state index in [0.717, 1.165) is 33.7 Å². The van der Waals surface area contributed by atoms with Crippen molar-refractivity contribution in [2.75, 3.05) is 44.8 Å². The molecule has 146 valence electrons. The number of amides is 1. The van der Waals surface area contributed by atoms with Crippen LogP contribution in [0.2, 0.25) is 0 Å². The fourth-order valence-electron chi connectivity index (χ4n) is 3.62. The maximum atomic E-state index is 12.0. The van der Waals surface area contributed by atoms with Gasteiger partial charge in [-0.05, 0) is 25.1 Å². The van der Waals surface area contributed by atoms with E-state index in [-0.39, 0.29) is 6.09 Å². The first-order valence-electron chi connectivity index (χ1n) is 9.54. The number of anilines is 1. The van der Waals surface area contributed by atoms with Crippen molar-refractivity contribution in [2.45, 2.75) is 6.92 Å². The number of methoxy groups -OCH3 is 1. The molecule has 0 atom stereocenters. The fourth-order valence-corrected chi connectivity index (χ4v) is 3.62. The molecule has 2 aromatic carbocycles. The van der Waals surface area contributed by atoms with E-state index >= 15 is 0 Å². The van der Waals surface area contributed by atoms with Crippen molar-refractivity contribution in [3.63, 3.8) is 0 Å². The van der Waals surface area contributed by atoms with Crippen molar-refractivity contribution in [3.8, 4) is 17.1 Å². The smallest absolute Gasteiger partial charge is 0.409 e. The van der Waals surface area contributed by atoms with Gasteiger partial charge in [0.05, 0.1) is 19.4 Å². The number of hydrogen-bond acceptors (Lipinski definition) is 5. The molecule has 0 radical (unpaired) electrons. The van der Waals surface area contributed by atoms with Crippen LogP contribution in [0.25, 0.3) is 22.3 Å². The molecule has 0 unspecified atom stereocenters. The van der Waals surface area contributed by atoms with Gasteiger partial charge in [0, 0.05) is 37.1 Å². The van der Waals surface area contributed by atoms with Crippen LogP contribution in [0.15, 0.2) is 52.9 Å².